The molecule has 136 valence electrons. The summed E-state index contributed by atoms with van der Waals surface area (Å²) in [4.78, 5) is 25.4. The number of methoxy groups -OCH3 is 2. The number of halogens is 1. The molecule has 2 atom stereocenters. The first-order valence-corrected chi connectivity index (χ1v) is 8.47. The molecule has 0 spiro atoms. The van der Waals surface area contributed by atoms with Crippen LogP contribution in [-0.2, 0) is 14.3 Å². The van der Waals surface area contributed by atoms with Crippen molar-refractivity contribution in [1.82, 2.24) is 0 Å². The van der Waals surface area contributed by atoms with Crippen LogP contribution in [0.4, 0.5) is 5.69 Å². The lowest BCUT2D eigenvalue weighted by Crippen LogP contribution is -2.50. The fourth-order valence-electron chi connectivity index (χ4n) is 3.93. The maximum Gasteiger partial charge on any atom is 0.313 e. The van der Waals surface area contributed by atoms with Gasteiger partial charge in [0.15, 0.2) is 5.60 Å². The van der Waals surface area contributed by atoms with Gasteiger partial charge in [0.1, 0.15) is 11.5 Å². The van der Waals surface area contributed by atoms with Gasteiger partial charge in [0, 0.05) is 11.5 Å². The summed E-state index contributed by atoms with van der Waals surface area (Å²) in [5, 5.41) is 3.17. The molecule has 1 aromatic rings. The SMILES string of the molecule is COc1cc(OC)c(NC(=O)[C@@]23CC[C@@](C)(C(=O)O2)C3(C)C)cc1Cl. The largest absolute Gasteiger partial charge is 0.495 e. The summed E-state index contributed by atoms with van der Waals surface area (Å²) in [5.41, 5.74) is -2.08. The molecule has 1 heterocycles. The molecule has 1 saturated heterocycles. The molecule has 6 nitrogen and oxygen atoms in total. The smallest absolute Gasteiger partial charge is 0.313 e. The van der Waals surface area contributed by atoms with Crippen molar-refractivity contribution >= 4 is 29.2 Å². The van der Waals surface area contributed by atoms with E-state index in [1.165, 1.54) is 14.2 Å². The molecule has 1 amide bonds. The van der Waals surface area contributed by atoms with Crippen molar-refractivity contribution in [3.63, 3.8) is 0 Å². The van der Waals surface area contributed by atoms with Gasteiger partial charge in [-0.2, -0.15) is 0 Å². The van der Waals surface area contributed by atoms with Crippen molar-refractivity contribution in [1.29, 1.82) is 0 Å². The van der Waals surface area contributed by atoms with Crippen LogP contribution in [0.25, 0.3) is 0 Å². The van der Waals surface area contributed by atoms with Crippen LogP contribution in [0.3, 0.4) is 0 Å². The lowest BCUT2D eigenvalue weighted by molar-refractivity contribution is -0.165. The van der Waals surface area contributed by atoms with E-state index in [0.717, 1.165) is 0 Å². The zero-order valence-corrected chi connectivity index (χ0v) is 15.7. The predicted molar refractivity (Wildman–Crippen MR) is 93.1 cm³/mol. The number of ether oxygens (including phenoxy) is 3. The van der Waals surface area contributed by atoms with Gasteiger partial charge in [-0.1, -0.05) is 25.4 Å². The van der Waals surface area contributed by atoms with Crippen LogP contribution >= 0.6 is 11.6 Å². The van der Waals surface area contributed by atoms with Crippen LogP contribution in [0, 0.1) is 10.8 Å². The van der Waals surface area contributed by atoms with E-state index in [9.17, 15) is 9.59 Å². The zero-order chi connectivity index (χ0) is 18.6. The molecule has 1 N–H and O–H groups in total. The number of benzene rings is 1. The van der Waals surface area contributed by atoms with Gasteiger partial charge < -0.3 is 19.5 Å². The van der Waals surface area contributed by atoms with Crippen molar-refractivity contribution < 1.29 is 23.8 Å². The van der Waals surface area contributed by atoms with Gasteiger partial charge in [-0.15, -0.1) is 0 Å². The van der Waals surface area contributed by atoms with Gasteiger partial charge in [0.05, 0.1) is 30.3 Å². The highest BCUT2D eigenvalue weighted by atomic mass is 35.5. The first kappa shape index (κ1) is 17.9. The van der Waals surface area contributed by atoms with E-state index < -0.39 is 16.4 Å². The third kappa shape index (κ3) is 2.16. The number of hydrogen-bond acceptors (Lipinski definition) is 5. The van der Waals surface area contributed by atoms with E-state index in [2.05, 4.69) is 5.32 Å². The number of rotatable bonds is 4. The number of amides is 1. The topological polar surface area (TPSA) is 73.9 Å². The molecule has 2 aliphatic rings. The molecular formula is C18H22ClNO5. The van der Waals surface area contributed by atoms with E-state index in [1.807, 2.05) is 20.8 Å². The molecule has 2 bridgehead atoms. The molecule has 3 rings (SSSR count). The van der Waals surface area contributed by atoms with Crippen LogP contribution in [0.15, 0.2) is 12.1 Å². The molecule has 7 heteroatoms. The predicted octanol–water partition coefficient (Wildman–Crippen LogP) is 3.42. The number of esters is 1. The van der Waals surface area contributed by atoms with Crippen molar-refractivity contribution in [2.45, 2.75) is 39.2 Å². The Kier molecular flexibility index (Phi) is 3.95. The fraction of sp³-hybridized carbons (Fsp3) is 0.556. The lowest BCUT2D eigenvalue weighted by atomic mass is 9.66. The van der Waals surface area contributed by atoms with E-state index in [-0.39, 0.29) is 11.9 Å². The summed E-state index contributed by atoms with van der Waals surface area (Å²) in [5.74, 6) is 0.162. The molecular weight excluding hydrogens is 346 g/mol. The summed E-state index contributed by atoms with van der Waals surface area (Å²) in [6, 6.07) is 3.16. The van der Waals surface area contributed by atoms with E-state index in [1.54, 1.807) is 12.1 Å². The molecule has 1 saturated carbocycles. The average Bonchev–Trinajstić information content (AvgIpc) is 2.85. The van der Waals surface area contributed by atoms with Gasteiger partial charge >= 0.3 is 5.97 Å². The minimum atomic E-state index is -1.20. The number of nitrogens with one attached hydrogen (secondary N) is 1. The number of anilines is 1. The Balaban J connectivity index is 1.96. The van der Waals surface area contributed by atoms with Crippen LogP contribution in [0.5, 0.6) is 11.5 Å². The summed E-state index contributed by atoms with van der Waals surface area (Å²) in [6.45, 7) is 5.67. The normalized spacial score (nSPS) is 29.3. The summed E-state index contributed by atoms with van der Waals surface area (Å²) in [6.07, 6.45) is 1.10. The molecule has 1 aliphatic carbocycles. The van der Waals surface area contributed by atoms with E-state index >= 15 is 0 Å². The van der Waals surface area contributed by atoms with Gasteiger partial charge in [-0.3, -0.25) is 9.59 Å². The van der Waals surface area contributed by atoms with Gasteiger partial charge in [0.2, 0.25) is 0 Å². The summed E-state index contributed by atoms with van der Waals surface area (Å²) in [7, 11) is 2.99. The second-order valence-electron chi connectivity index (χ2n) is 7.31. The average molecular weight is 368 g/mol. The first-order valence-electron chi connectivity index (χ1n) is 8.09. The number of fused-ring (bicyclic) bond motifs is 2. The van der Waals surface area contributed by atoms with Crippen molar-refractivity contribution in [3.05, 3.63) is 17.2 Å². The highest BCUT2D eigenvalue weighted by Gasteiger charge is 2.75. The van der Waals surface area contributed by atoms with Crippen LogP contribution in [0.2, 0.25) is 5.02 Å². The third-order valence-electron chi connectivity index (χ3n) is 6.17. The molecule has 1 aromatic carbocycles. The molecule has 1 aliphatic heterocycles. The van der Waals surface area contributed by atoms with Gasteiger partial charge in [0.25, 0.3) is 5.91 Å². The third-order valence-corrected chi connectivity index (χ3v) is 6.47. The molecule has 25 heavy (non-hydrogen) atoms. The zero-order valence-electron chi connectivity index (χ0n) is 15.0. The molecule has 2 fully saturated rings. The highest BCUT2D eigenvalue weighted by molar-refractivity contribution is 6.32. The molecule has 0 unspecified atom stereocenters. The number of hydrogen-bond donors (Lipinski definition) is 1. The Hall–Kier alpha value is -1.95. The maximum absolute atomic E-state index is 13.1. The quantitative estimate of drug-likeness (QED) is 0.825. The van der Waals surface area contributed by atoms with Gasteiger partial charge in [-0.25, -0.2) is 0 Å². The monoisotopic (exact) mass is 367 g/mol. The summed E-state index contributed by atoms with van der Waals surface area (Å²) < 4.78 is 16.1. The first-order chi connectivity index (χ1) is 11.6. The maximum atomic E-state index is 13.1. The number of carbonyl (C=O) groups is 2. The van der Waals surface area contributed by atoms with Crippen LogP contribution < -0.4 is 14.8 Å². The van der Waals surface area contributed by atoms with Crippen LogP contribution in [-0.4, -0.2) is 31.7 Å². The van der Waals surface area contributed by atoms with Crippen LogP contribution in [0.1, 0.15) is 33.6 Å². The van der Waals surface area contributed by atoms with Crippen molar-refractivity contribution in [2.75, 3.05) is 19.5 Å². The molecule has 0 aromatic heterocycles. The molecule has 0 radical (unpaired) electrons. The standard InChI is InChI=1S/C18H22ClNO5/c1-16(2)17(3)6-7-18(16,25-15(17)22)14(21)20-11-8-10(19)12(23-4)9-13(11)24-5/h8-9H,6-7H2,1-5H3,(H,20,21)/t17-,18+/m0/s1. The lowest BCUT2D eigenvalue weighted by Gasteiger charge is -2.35. The Labute approximate surface area is 151 Å². The van der Waals surface area contributed by atoms with E-state index in [4.69, 9.17) is 25.8 Å². The second kappa shape index (κ2) is 5.53. The minimum Gasteiger partial charge on any atom is -0.495 e. The number of carbonyl (C=O) groups excluding carboxylic acids is 2. The van der Waals surface area contributed by atoms with Crippen molar-refractivity contribution in [3.8, 4) is 11.5 Å². The Morgan fingerprint density at radius 2 is 1.80 bits per heavy atom. The fourth-order valence-corrected chi connectivity index (χ4v) is 4.17. The minimum absolute atomic E-state index is 0.321. The second-order valence-corrected chi connectivity index (χ2v) is 7.72. The van der Waals surface area contributed by atoms with E-state index in [0.29, 0.717) is 35.1 Å². The Bertz CT molecular complexity index is 762. The van der Waals surface area contributed by atoms with Gasteiger partial charge in [-0.05, 0) is 25.8 Å². The highest BCUT2D eigenvalue weighted by Crippen LogP contribution is 2.65. The summed E-state index contributed by atoms with van der Waals surface area (Å²) >= 11 is 6.16. The Morgan fingerprint density at radius 1 is 1.16 bits per heavy atom. The Morgan fingerprint density at radius 3 is 2.28 bits per heavy atom. The van der Waals surface area contributed by atoms with Crippen molar-refractivity contribution in [2.24, 2.45) is 10.8 Å².